The minimum atomic E-state index is -0.887. The molecule has 1 aromatic heterocycles. The first-order chi connectivity index (χ1) is 22.6. The fraction of sp³-hybridized carbons (Fsp3) is 0.273. The average molecular weight is 674 g/mol. The molecule has 12 nitrogen and oxygen atoms in total. The topological polar surface area (TPSA) is 144 Å². The van der Waals surface area contributed by atoms with Crippen molar-refractivity contribution >= 4 is 63.6 Å². The van der Waals surface area contributed by atoms with Crippen LogP contribution in [0.5, 0.6) is 5.75 Å². The highest BCUT2D eigenvalue weighted by Gasteiger charge is 2.56. The second-order valence-corrected chi connectivity index (χ2v) is 13.1. The maximum absolute atomic E-state index is 14.1. The van der Waals surface area contributed by atoms with Crippen LogP contribution in [0, 0.1) is 16.0 Å². The molecule has 4 aromatic rings. The summed E-state index contributed by atoms with van der Waals surface area (Å²) in [5, 5.41) is 13.6. The molecule has 0 radical (unpaired) electrons. The Hall–Kier alpha value is -4.95. The Morgan fingerprint density at radius 2 is 1.62 bits per heavy atom. The number of aromatic nitrogens is 1. The summed E-state index contributed by atoms with van der Waals surface area (Å²) in [6.07, 6.45) is 0. The Balaban J connectivity index is 1.39. The van der Waals surface area contributed by atoms with Gasteiger partial charge in [0, 0.05) is 47.4 Å². The fourth-order valence-corrected chi connectivity index (χ4v) is 8.87. The number of fused-ring (bicyclic) bond motifs is 2. The van der Waals surface area contributed by atoms with Crippen molar-refractivity contribution in [1.82, 2.24) is 4.57 Å². The molecule has 0 saturated carbocycles. The van der Waals surface area contributed by atoms with Crippen LogP contribution in [0.4, 0.5) is 22.7 Å². The Morgan fingerprint density at radius 3 is 2.21 bits per heavy atom. The molecule has 3 amide bonds. The summed E-state index contributed by atoms with van der Waals surface area (Å²) in [6, 6.07) is 19.9. The van der Waals surface area contributed by atoms with E-state index in [0.717, 1.165) is 52.3 Å². The number of carbonyl (C=O) groups excluding carboxylic acids is 3. The Kier molecular flexibility index (Phi) is 8.88. The number of benzene rings is 3. The summed E-state index contributed by atoms with van der Waals surface area (Å²) in [5.41, 5.74) is 2.37. The van der Waals surface area contributed by atoms with E-state index in [-0.39, 0.29) is 22.8 Å². The van der Waals surface area contributed by atoms with E-state index < -0.39 is 39.7 Å². The molecule has 1 N–H and O–H groups in total. The highest BCUT2D eigenvalue weighted by atomic mass is 32.2. The van der Waals surface area contributed by atoms with Gasteiger partial charge >= 0.3 is 4.87 Å². The lowest BCUT2D eigenvalue weighted by Crippen LogP contribution is -2.33. The lowest BCUT2D eigenvalue weighted by Gasteiger charge is -2.31. The van der Waals surface area contributed by atoms with E-state index in [2.05, 4.69) is 24.1 Å². The Bertz CT molecular complexity index is 1900. The van der Waals surface area contributed by atoms with Crippen LogP contribution in [0.3, 0.4) is 0 Å². The summed E-state index contributed by atoms with van der Waals surface area (Å²) in [6.45, 7) is 5.46. The zero-order valence-corrected chi connectivity index (χ0v) is 27.4. The normalized spacial score (nSPS) is 18.4. The highest BCUT2D eigenvalue weighted by Crippen LogP contribution is 2.54. The van der Waals surface area contributed by atoms with Crippen LogP contribution in [-0.2, 0) is 20.9 Å². The van der Waals surface area contributed by atoms with Crippen molar-refractivity contribution in [3.63, 3.8) is 0 Å². The molecule has 1 saturated heterocycles. The van der Waals surface area contributed by atoms with Gasteiger partial charge in [0.15, 0.2) is 0 Å². The molecule has 0 bridgehead atoms. The first kappa shape index (κ1) is 32.0. The number of thioether (sulfide) groups is 1. The number of rotatable bonds is 10. The fourth-order valence-electron chi connectivity index (χ4n) is 6.09. The number of hydrogen-bond donors (Lipinski definition) is 1. The number of amides is 3. The van der Waals surface area contributed by atoms with Crippen LogP contribution >= 0.6 is 23.1 Å². The third-order valence-electron chi connectivity index (χ3n) is 8.42. The van der Waals surface area contributed by atoms with Crippen LogP contribution in [0.25, 0.3) is 0 Å². The lowest BCUT2D eigenvalue weighted by atomic mass is 9.83. The third kappa shape index (κ3) is 5.89. The molecular weight excluding hydrogens is 643 g/mol. The van der Waals surface area contributed by atoms with E-state index in [0.29, 0.717) is 21.3 Å². The molecule has 6 rings (SSSR count). The largest absolute Gasteiger partial charge is 0.497 e. The van der Waals surface area contributed by atoms with E-state index in [9.17, 15) is 29.3 Å². The second kappa shape index (κ2) is 13.0. The maximum atomic E-state index is 14.1. The number of imide groups is 1. The Morgan fingerprint density at radius 1 is 0.957 bits per heavy atom. The van der Waals surface area contributed by atoms with Crippen LogP contribution < -0.4 is 24.7 Å². The summed E-state index contributed by atoms with van der Waals surface area (Å²) >= 11 is 2.08. The van der Waals surface area contributed by atoms with Gasteiger partial charge in [-0.3, -0.25) is 33.9 Å². The number of nitro groups is 1. The van der Waals surface area contributed by atoms with Gasteiger partial charge < -0.3 is 15.0 Å². The maximum Gasteiger partial charge on any atom is 0.308 e. The highest BCUT2D eigenvalue weighted by molar-refractivity contribution is 8.00. The molecule has 2 aliphatic heterocycles. The van der Waals surface area contributed by atoms with Crippen molar-refractivity contribution in [1.29, 1.82) is 0 Å². The molecule has 3 heterocycles. The van der Waals surface area contributed by atoms with Crippen LogP contribution in [0.2, 0.25) is 0 Å². The van der Waals surface area contributed by atoms with E-state index in [1.54, 1.807) is 31.4 Å². The molecule has 2 aliphatic rings. The van der Waals surface area contributed by atoms with Gasteiger partial charge in [-0.1, -0.05) is 35.2 Å². The van der Waals surface area contributed by atoms with Gasteiger partial charge in [-0.25, -0.2) is 4.90 Å². The van der Waals surface area contributed by atoms with Crippen molar-refractivity contribution < 1.29 is 24.0 Å². The molecule has 0 aliphatic carbocycles. The van der Waals surface area contributed by atoms with Crippen molar-refractivity contribution in [2.45, 2.75) is 36.6 Å². The average Bonchev–Trinajstić information content (AvgIpc) is 3.52. The predicted octanol–water partition coefficient (Wildman–Crippen LogP) is 5.11. The minimum Gasteiger partial charge on any atom is -0.497 e. The standard InChI is InChI=1S/C33H31N5O7S2/c1-4-35(5-2)21-10-6-19(7-11-21)26-27-28(31(41)37(30(27)40)22-12-14-23(15-13-22)38(43)44)46-32-29(26)47-33(42)36(32)18-25(39)34-20-8-16-24(45-3)17-9-20/h6-17,26-28H,4-5,18H2,1-3H3,(H,34,39)/t26-,27-,28+/m0/s1. The molecule has 14 heteroatoms. The van der Waals surface area contributed by atoms with Gasteiger partial charge in [0.1, 0.15) is 17.5 Å². The molecule has 242 valence electrons. The van der Waals surface area contributed by atoms with E-state index in [1.807, 2.05) is 24.3 Å². The van der Waals surface area contributed by atoms with Gasteiger partial charge in [0.2, 0.25) is 17.7 Å². The summed E-state index contributed by atoms with van der Waals surface area (Å²) in [5.74, 6) is -2.20. The number of thiazole rings is 1. The minimum absolute atomic E-state index is 0.162. The molecule has 1 fully saturated rings. The summed E-state index contributed by atoms with van der Waals surface area (Å²) in [7, 11) is 1.54. The molecule has 3 aromatic carbocycles. The molecule has 0 unspecified atom stereocenters. The zero-order chi connectivity index (χ0) is 33.4. The van der Waals surface area contributed by atoms with Gasteiger partial charge in [0.05, 0.1) is 28.7 Å². The number of carbonyl (C=O) groups is 3. The van der Waals surface area contributed by atoms with Gasteiger partial charge in [0.25, 0.3) is 5.69 Å². The van der Waals surface area contributed by atoms with E-state index in [4.69, 9.17) is 4.74 Å². The number of methoxy groups -OCH3 is 1. The SMILES string of the molecule is CCN(CC)c1ccc([C@@H]2c3sc(=O)n(CC(=O)Nc4ccc(OC)cc4)c3S[C@H]3C(=O)N(c4ccc([N+](=O)[O-])cc4)C(=O)[C@@H]23)cc1. The number of nitrogens with one attached hydrogen (secondary N) is 1. The molecule has 3 atom stereocenters. The van der Waals surface area contributed by atoms with Gasteiger partial charge in [-0.15, -0.1) is 0 Å². The number of nitrogens with zero attached hydrogens (tertiary/aromatic N) is 4. The van der Waals surface area contributed by atoms with E-state index in [1.165, 1.54) is 28.8 Å². The van der Waals surface area contributed by atoms with Crippen LogP contribution in [0.15, 0.2) is 82.6 Å². The van der Waals surface area contributed by atoms with Crippen molar-refractivity contribution in [2.24, 2.45) is 5.92 Å². The summed E-state index contributed by atoms with van der Waals surface area (Å²) < 4.78 is 6.54. The predicted molar refractivity (Wildman–Crippen MR) is 181 cm³/mol. The molecule has 47 heavy (non-hydrogen) atoms. The van der Waals surface area contributed by atoms with Gasteiger partial charge in [-0.05, 0) is 67.9 Å². The zero-order valence-electron chi connectivity index (χ0n) is 25.7. The van der Waals surface area contributed by atoms with Crippen molar-refractivity contribution in [2.75, 3.05) is 35.3 Å². The smallest absolute Gasteiger partial charge is 0.308 e. The Labute approximate surface area is 278 Å². The molecule has 0 spiro atoms. The monoisotopic (exact) mass is 673 g/mol. The molecular formula is C33H31N5O7S2. The number of hydrogen-bond acceptors (Lipinski definition) is 10. The quantitative estimate of drug-likeness (QED) is 0.138. The number of nitro benzene ring substituents is 1. The first-order valence-electron chi connectivity index (χ1n) is 15.0. The number of anilines is 3. The number of non-ortho nitro benzene ring substituents is 1. The van der Waals surface area contributed by atoms with Crippen molar-refractivity contribution in [3.8, 4) is 5.75 Å². The van der Waals surface area contributed by atoms with Crippen molar-refractivity contribution in [3.05, 3.63) is 103 Å². The van der Waals surface area contributed by atoms with Crippen LogP contribution in [-0.4, -0.2) is 52.7 Å². The lowest BCUT2D eigenvalue weighted by molar-refractivity contribution is -0.384. The third-order valence-corrected chi connectivity index (χ3v) is 11.0. The first-order valence-corrected chi connectivity index (χ1v) is 16.7. The van der Waals surface area contributed by atoms with Gasteiger partial charge in [-0.2, -0.15) is 0 Å². The van der Waals surface area contributed by atoms with Crippen LogP contribution in [0.1, 0.15) is 30.2 Å². The summed E-state index contributed by atoms with van der Waals surface area (Å²) in [4.78, 5) is 68.9. The number of ether oxygens (including phenoxy) is 1. The van der Waals surface area contributed by atoms with E-state index >= 15 is 0 Å². The second-order valence-electron chi connectivity index (χ2n) is 11.0.